The molecule has 2 fully saturated rings. The second kappa shape index (κ2) is 16.4. The lowest BCUT2D eigenvalue weighted by Gasteiger charge is -2.36. The maximum atomic E-state index is 13.0. The highest BCUT2D eigenvalue weighted by Gasteiger charge is 2.57. The topological polar surface area (TPSA) is 107 Å². The van der Waals surface area contributed by atoms with E-state index in [2.05, 4.69) is 44.3 Å². The minimum atomic E-state index is -0.305. The van der Waals surface area contributed by atoms with Crippen LogP contribution in [-0.4, -0.2) is 84.4 Å². The summed E-state index contributed by atoms with van der Waals surface area (Å²) in [6.45, 7) is 4.40. The van der Waals surface area contributed by atoms with Gasteiger partial charge in [-0.15, -0.1) is 0 Å². The van der Waals surface area contributed by atoms with Crippen LogP contribution in [-0.2, 0) is 112 Å². The van der Waals surface area contributed by atoms with Crippen LogP contribution in [0.4, 0.5) is 0 Å². The van der Waals surface area contributed by atoms with Gasteiger partial charge in [-0.1, -0.05) is 0 Å². The summed E-state index contributed by atoms with van der Waals surface area (Å²) in [7, 11) is 12.5. The van der Waals surface area contributed by atoms with Gasteiger partial charge >= 0.3 is 0 Å². The summed E-state index contributed by atoms with van der Waals surface area (Å²) in [5.41, 5.74) is 4.69. The number of hydrogen-bond donors (Lipinski definition) is 1. The Morgan fingerprint density at radius 3 is 2.07 bits per heavy atom. The fourth-order valence-corrected chi connectivity index (χ4v) is 23.2. The highest BCUT2D eigenvalue weighted by Crippen LogP contribution is 2.54. The van der Waals surface area contributed by atoms with Crippen LogP contribution in [0.5, 0.6) is 23.0 Å². The second-order valence-electron chi connectivity index (χ2n) is 13.8. The summed E-state index contributed by atoms with van der Waals surface area (Å²) in [6, 6.07) is 8.05. The van der Waals surface area contributed by atoms with E-state index in [-0.39, 0.29) is 47.9 Å². The van der Waals surface area contributed by atoms with Crippen LogP contribution in [0.15, 0.2) is 41.9 Å². The molecular formula is C35H36N2O8S9. The zero-order valence-corrected chi connectivity index (χ0v) is 36.4. The van der Waals surface area contributed by atoms with E-state index in [1.54, 1.807) is 51.5 Å². The molecule has 2 aliphatic carbocycles. The minimum absolute atomic E-state index is 0.0473. The van der Waals surface area contributed by atoms with Gasteiger partial charge in [0.05, 0.1) is 24.1 Å². The lowest BCUT2D eigenvalue weighted by Crippen LogP contribution is -2.46. The quantitative estimate of drug-likeness (QED) is 0.447. The first-order chi connectivity index (χ1) is 26.3. The van der Waals surface area contributed by atoms with Crippen molar-refractivity contribution in [3.8, 4) is 23.0 Å². The predicted molar refractivity (Wildman–Crippen MR) is 228 cm³/mol. The first-order valence-electron chi connectivity index (χ1n) is 17.4. The lowest BCUT2D eigenvalue weighted by molar-refractivity contribution is -0.120. The third-order valence-electron chi connectivity index (χ3n) is 11.5. The third kappa shape index (κ3) is 6.88. The fraction of sp³-hybridized carbons (Fsp3) is 0.486. The van der Waals surface area contributed by atoms with Gasteiger partial charge in [0.2, 0.25) is 19.4 Å². The zero-order valence-electron chi connectivity index (χ0n) is 29.0. The van der Waals surface area contributed by atoms with E-state index in [4.69, 9.17) is 23.7 Å². The molecule has 8 aliphatic rings. The van der Waals surface area contributed by atoms with E-state index >= 15 is 0 Å². The number of Topliss-reactive ketones (excluding diaryl/α,β-unsaturated/α-hetero) is 2. The van der Waals surface area contributed by atoms with Gasteiger partial charge in [0.1, 0.15) is 0 Å². The average molecular weight is 901 g/mol. The van der Waals surface area contributed by atoms with E-state index in [9.17, 15) is 14.7 Å². The van der Waals surface area contributed by atoms with Crippen molar-refractivity contribution in [3.05, 3.63) is 64.1 Å². The number of benzene rings is 2. The molecule has 3 atom stereocenters. The van der Waals surface area contributed by atoms with Crippen LogP contribution < -0.4 is 18.9 Å². The van der Waals surface area contributed by atoms with Crippen LogP contribution in [0.2, 0.25) is 0 Å². The van der Waals surface area contributed by atoms with E-state index in [0.717, 1.165) is 104 Å². The molecule has 19 heteroatoms. The molecule has 0 amide bonds. The Hall–Kier alpha value is -2.04. The van der Waals surface area contributed by atoms with Crippen molar-refractivity contribution in [1.29, 1.82) is 0 Å². The molecule has 6 aliphatic heterocycles. The molecule has 6 heterocycles. The normalized spacial score (nSPS) is 26.4. The number of allylic oxidation sites excluding steroid dienone is 2. The molecule has 0 unspecified atom stereocenters. The summed E-state index contributed by atoms with van der Waals surface area (Å²) in [5.74, 6) is 3.26. The molecule has 2 aromatic rings. The molecule has 0 radical (unpaired) electrons. The lowest BCUT2D eigenvalue weighted by atomic mass is 9.78. The van der Waals surface area contributed by atoms with Crippen molar-refractivity contribution in [2.75, 3.05) is 46.9 Å². The Balaban J connectivity index is 0.000000126. The molecule has 2 aromatic carbocycles. The van der Waals surface area contributed by atoms with E-state index in [1.807, 2.05) is 18.2 Å². The molecule has 54 heavy (non-hydrogen) atoms. The Labute approximate surface area is 342 Å². The van der Waals surface area contributed by atoms with Gasteiger partial charge < -0.3 is 28.8 Å². The van der Waals surface area contributed by atoms with E-state index < -0.39 is 0 Å². The molecule has 0 saturated carbocycles. The largest absolute Gasteiger partial charge is 0.504 e. The Kier molecular flexibility index (Phi) is 11.8. The molecule has 288 valence electrons. The highest BCUT2D eigenvalue weighted by molar-refractivity contribution is 8.72. The number of aliphatic hydroxyl groups is 1. The summed E-state index contributed by atoms with van der Waals surface area (Å²) in [4.78, 5) is 30.1. The number of ether oxygens (including phenoxy) is 5. The monoisotopic (exact) mass is 900 g/mol. The van der Waals surface area contributed by atoms with Crippen molar-refractivity contribution in [1.82, 2.24) is 9.80 Å². The van der Waals surface area contributed by atoms with Crippen molar-refractivity contribution >= 4 is 102 Å². The second-order valence-corrected chi connectivity index (χ2v) is 26.2. The van der Waals surface area contributed by atoms with Crippen LogP contribution in [0.3, 0.4) is 0 Å². The summed E-state index contributed by atoms with van der Waals surface area (Å²) in [5, 5.41) is 10.5. The maximum absolute atomic E-state index is 13.0. The number of carbonyl (C=O) groups is 2. The Morgan fingerprint density at radius 2 is 1.37 bits per heavy atom. The number of nitrogens with zero attached hydrogens (tertiary/aromatic N) is 2. The first kappa shape index (κ1) is 38.8. The molecule has 1 N–H and O–H groups in total. The van der Waals surface area contributed by atoms with Gasteiger partial charge in [-0.2, -0.15) is 0 Å². The molecule has 10 rings (SSSR count). The Morgan fingerprint density at radius 1 is 0.778 bits per heavy atom. The Bertz CT molecular complexity index is 2300. The molecule has 0 bridgehead atoms. The van der Waals surface area contributed by atoms with Crippen molar-refractivity contribution < 1.29 is 38.4 Å². The SMILES string of the molecule is COC1=C[C@]23CCCN2CCc2cc4c(cc2[C@@H]3C1=O)OCO4.O=C1C[C@]23CCCN2CCc2cc4c(cc2C3=C1O)OCO4.S=S=S=S=S=S=S=S=S. The van der Waals surface area contributed by atoms with Crippen LogP contribution in [0.1, 0.15) is 60.3 Å². The van der Waals surface area contributed by atoms with Crippen molar-refractivity contribution in [2.45, 2.75) is 61.9 Å². The number of aliphatic hydroxyl groups excluding tert-OH is 1. The van der Waals surface area contributed by atoms with Gasteiger partial charge in [0.25, 0.3) is 0 Å². The van der Waals surface area contributed by atoms with Gasteiger partial charge in [-0.05, 0) is 104 Å². The molecule has 10 nitrogen and oxygen atoms in total. The molecular weight excluding hydrogens is 865 g/mol. The standard InChI is InChI=1S/C18H19NO4.C17H17NO4.S9/c1-21-15-9-18-4-2-5-19(18)6-3-11-7-13-14(23-10-22-13)8-12(11)16(18)17(15)20;19-12-8-17-3-1-4-18(17)5-2-10-6-13-14(22-9-21-13)7-11(10)15(17)16(12)20;1-3-5-7-9-8-6-4-2/h7-9,16H,2-6,10H2,1H3;6-7,20H,1-5,8-9H2;/t16-,18+;17-;/m10./s1. The van der Waals surface area contributed by atoms with Gasteiger partial charge in [-0.25, -0.2) is 0 Å². The zero-order chi connectivity index (χ0) is 37.5. The van der Waals surface area contributed by atoms with Crippen LogP contribution in [0.25, 0.3) is 5.57 Å². The maximum Gasteiger partial charge on any atom is 0.231 e. The molecule has 0 aromatic heterocycles. The van der Waals surface area contributed by atoms with Crippen molar-refractivity contribution in [2.24, 2.45) is 0 Å². The first-order valence-corrected chi connectivity index (χ1v) is 28.1. The summed E-state index contributed by atoms with van der Waals surface area (Å²) in [6.07, 6.45) is 8.46. The fourth-order valence-electron chi connectivity index (χ4n) is 9.45. The average Bonchev–Trinajstić information content (AvgIpc) is 4.03. The summed E-state index contributed by atoms with van der Waals surface area (Å²) >= 11 is 9.27. The van der Waals surface area contributed by atoms with Crippen LogP contribution in [0, 0.1) is 0 Å². The van der Waals surface area contributed by atoms with E-state index in [0.29, 0.717) is 17.9 Å². The minimum Gasteiger partial charge on any atom is -0.504 e. The number of ketones is 2. The molecule has 2 spiro atoms. The van der Waals surface area contributed by atoms with Gasteiger partial charge in [0.15, 0.2) is 40.3 Å². The highest BCUT2D eigenvalue weighted by atomic mass is 33.4. The summed E-state index contributed by atoms with van der Waals surface area (Å²) < 4.78 is 27.4. The van der Waals surface area contributed by atoms with Crippen molar-refractivity contribution in [3.63, 3.8) is 0 Å². The van der Waals surface area contributed by atoms with Gasteiger partial charge in [-0.3, -0.25) is 19.4 Å². The predicted octanol–water partition coefficient (Wildman–Crippen LogP) is 4.03. The van der Waals surface area contributed by atoms with E-state index in [1.165, 1.54) is 23.3 Å². The van der Waals surface area contributed by atoms with Crippen LogP contribution >= 0.6 is 0 Å². The number of fused-ring (bicyclic) bond motifs is 6. The number of rotatable bonds is 1. The number of hydrogen-bond acceptors (Lipinski definition) is 12. The number of methoxy groups -OCH3 is 1. The van der Waals surface area contributed by atoms with Gasteiger partial charge in [0, 0.05) is 110 Å². The number of carbonyl (C=O) groups excluding carboxylic acids is 2. The smallest absolute Gasteiger partial charge is 0.231 e. The molecule has 2 saturated heterocycles. The third-order valence-corrected chi connectivity index (χ3v) is 24.9.